The number of aromatic nitrogens is 2. The van der Waals surface area contributed by atoms with E-state index < -0.39 is 0 Å². The van der Waals surface area contributed by atoms with E-state index in [1.165, 1.54) is 23.9 Å². The van der Waals surface area contributed by atoms with E-state index in [-0.39, 0.29) is 23.8 Å². The number of hydrogen-bond donors (Lipinski definition) is 1. The summed E-state index contributed by atoms with van der Waals surface area (Å²) in [5, 5.41) is 3.42. The van der Waals surface area contributed by atoms with E-state index in [9.17, 15) is 9.59 Å². The molecule has 0 unspecified atom stereocenters. The average Bonchev–Trinajstić information content (AvgIpc) is 3.02. The molecule has 1 fully saturated rings. The summed E-state index contributed by atoms with van der Waals surface area (Å²) >= 11 is 6.23. The molecule has 3 aromatic rings. The molecule has 32 heavy (non-hydrogen) atoms. The lowest BCUT2D eigenvalue weighted by molar-refractivity contribution is -0.118. The lowest BCUT2D eigenvalue weighted by atomic mass is 9.84. The SMILES string of the molecule is Cc1c(NC(=O)COc2ccc(Cl)cc2C2CCCCC2)c(=O)n(-c2ccccc2)n1C. The number of carbonyl (C=O) groups excluding carboxylic acids is 1. The van der Waals surface area contributed by atoms with Gasteiger partial charge in [0.15, 0.2) is 6.61 Å². The Bertz CT molecular complexity index is 1160. The third-order valence-electron chi connectivity index (χ3n) is 6.19. The smallest absolute Gasteiger partial charge is 0.295 e. The number of para-hydroxylation sites is 1. The van der Waals surface area contributed by atoms with Crippen LogP contribution in [0.4, 0.5) is 5.69 Å². The van der Waals surface area contributed by atoms with Gasteiger partial charge in [0.25, 0.3) is 11.5 Å². The summed E-state index contributed by atoms with van der Waals surface area (Å²) in [4.78, 5) is 25.7. The Morgan fingerprint density at radius 3 is 2.56 bits per heavy atom. The van der Waals surface area contributed by atoms with Crippen molar-refractivity contribution in [2.45, 2.75) is 44.9 Å². The zero-order valence-electron chi connectivity index (χ0n) is 18.4. The highest BCUT2D eigenvalue weighted by Gasteiger charge is 2.21. The maximum absolute atomic E-state index is 13.0. The molecule has 168 valence electrons. The average molecular weight is 454 g/mol. The first kappa shape index (κ1) is 22.2. The standard InChI is InChI=1S/C25H28ClN3O3/c1-17-24(25(31)29(28(17)2)20-11-7-4-8-12-20)27-23(30)16-32-22-14-13-19(26)15-21(22)18-9-5-3-6-10-18/h4,7-8,11-15,18H,3,5-6,9-10,16H2,1-2H3,(H,27,30). The van der Waals surface area contributed by atoms with Crippen molar-refractivity contribution >= 4 is 23.2 Å². The van der Waals surface area contributed by atoms with Crippen LogP contribution in [0.5, 0.6) is 5.75 Å². The van der Waals surface area contributed by atoms with Crippen molar-refractivity contribution < 1.29 is 9.53 Å². The van der Waals surface area contributed by atoms with Gasteiger partial charge in [0.05, 0.1) is 11.4 Å². The molecular weight excluding hydrogens is 426 g/mol. The van der Waals surface area contributed by atoms with E-state index in [1.54, 1.807) is 24.7 Å². The fraction of sp³-hybridized carbons (Fsp3) is 0.360. The summed E-state index contributed by atoms with van der Waals surface area (Å²) in [6, 6.07) is 14.9. The predicted molar refractivity (Wildman–Crippen MR) is 127 cm³/mol. The number of nitrogens with zero attached hydrogens (tertiary/aromatic N) is 2. The summed E-state index contributed by atoms with van der Waals surface area (Å²) in [6.45, 7) is 1.62. The Morgan fingerprint density at radius 1 is 1.12 bits per heavy atom. The van der Waals surface area contributed by atoms with Gasteiger partial charge in [-0.3, -0.25) is 14.3 Å². The van der Waals surface area contributed by atoms with Gasteiger partial charge in [0.1, 0.15) is 11.4 Å². The van der Waals surface area contributed by atoms with Crippen molar-refractivity contribution in [1.29, 1.82) is 0 Å². The minimum absolute atomic E-state index is 0.180. The summed E-state index contributed by atoms with van der Waals surface area (Å²) < 4.78 is 9.16. The van der Waals surface area contributed by atoms with E-state index in [4.69, 9.17) is 16.3 Å². The molecule has 6 nitrogen and oxygen atoms in total. The molecule has 0 atom stereocenters. The number of hydrogen-bond acceptors (Lipinski definition) is 3. The zero-order chi connectivity index (χ0) is 22.7. The first-order valence-corrected chi connectivity index (χ1v) is 11.4. The van der Waals surface area contributed by atoms with Gasteiger partial charge < -0.3 is 10.1 Å². The Kier molecular flexibility index (Phi) is 6.70. The highest BCUT2D eigenvalue weighted by Crippen LogP contribution is 2.38. The molecule has 1 amide bonds. The molecule has 1 aliphatic carbocycles. The van der Waals surface area contributed by atoms with E-state index in [0.717, 1.165) is 24.1 Å². The first-order valence-electron chi connectivity index (χ1n) is 11.0. The van der Waals surface area contributed by atoms with Crippen LogP contribution >= 0.6 is 11.6 Å². The minimum atomic E-state index is -0.374. The molecule has 0 aliphatic heterocycles. The van der Waals surface area contributed by atoms with Crippen LogP contribution < -0.4 is 15.6 Å². The summed E-state index contributed by atoms with van der Waals surface area (Å²) in [7, 11) is 1.79. The lowest BCUT2D eigenvalue weighted by Gasteiger charge is -2.24. The molecule has 0 bridgehead atoms. The maximum atomic E-state index is 13.0. The molecule has 7 heteroatoms. The quantitative estimate of drug-likeness (QED) is 0.557. The number of halogens is 1. The summed E-state index contributed by atoms with van der Waals surface area (Å²) in [5.74, 6) is 0.707. The van der Waals surface area contributed by atoms with Crippen molar-refractivity contribution in [2.75, 3.05) is 11.9 Å². The molecule has 0 saturated heterocycles. The summed E-state index contributed by atoms with van der Waals surface area (Å²) in [6.07, 6.45) is 5.85. The monoisotopic (exact) mass is 453 g/mol. The largest absolute Gasteiger partial charge is 0.483 e. The van der Waals surface area contributed by atoms with Gasteiger partial charge in [-0.05, 0) is 61.6 Å². The molecule has 1 heterocycles. The minimum Gasteiger partial charge on any atom is -0.483 e. The Morgan fingerprint density at radius 2 is 1.84 bits per heavy atom. The number of benzene rings is 2. The molecule has 4 rings (SSSR count). The van der Waals surface area contributed by atoms with E-state index in [1.807, 2.05) is 42.5 Å². The number of anilines is 1. The molecule has 1 N–H and O–H groups in total. The highest BCUT2D eigenvalue weighted by atomic mass is 35.5. The van der Waals surface area contributed by atoms with Crippen molar-refractivity contribution in [2.24, 2.45) is 7.05 Å². The van der Waals surface area contributed by atoms with Crippen molar-refractivity contribution in [3.8, 4) is 11.4 Å². The molecule has 2 aromatic carbocycles. The van der Waals surface area contributed by atoms with Crippen LogP contribution in [-0.2, 0) is 11.8 Å². The Labute approximate surface area is 192 Å². The third-order valence-corrected chi connectivity index (χ3v) is 6.43. The molecule has 1 saturated carbocycles. The topological polar surface area (TPSA) is 65.3 Å². The zero-order valence-corrected chi connectivity index (χ0v) is 19.2. The second-order valence-corrected chi connectivity index (χ2v) is 8.73. The van der Waals surface area contributed by atoms with E-state index in [0.29, 0.717) is 22.4 Å². The number of nitrogens with one attached hydrogen (secondary N) is 1. The maximum Gasteiger partial charge on any atom is 0.295 e. The van der Waals surface area contributed by atoms with Gasteiger partial charge in [0, 0.05) is 12.1 Å². The van der Waals surface area contributed by atoms with Gasteiger partial charge >= 0.3 is 0 Å². The number of amides is 1. The van der Waals surface area contributed by atoms with Crippen LogP contribution in [-0.4, -0.2) is 21.9 Å². The second kappa shape index (κ2) is 9.65. The highest BCUT2D eigenvalue weighted by molar-refractivity contribution is 6.30. The number of carbonyl (C=O) groups is 1. The van der Waals surface area contributed by atoms with Crippen LogP contribution in [0.15, 0.2) is 53.3 Å². The van der Waals surface area contributed by atoms with Crippen LogP contribution in [0.2, 0.25) is 5.02 Å². The van der Waals surface area contributed by atoms with E-state index >= 15 is 0 Å². The van der Waals surface area contributed by atoms with Crippen LogP contribution in [0, 0.1) is 6.92 Å². The van der Waals surface area contributed by atoms with Crippen LogP contribution in [0.25, 0.3) is 5.69 Å². The van der Waals surface area contributed by atoms with Gasteiger partial charge in [-0.2, -0.15) is 0 Å². The molecular formula is C25H28ClN3O3. The second-order valence-electron chi connectivity index (χ2n) is 8.29. The van der Waals surface area contributed by atoms with Gasteiger partial charge in [0.2, 0.25) is 0 Å². The van der Waals surface area contributed by atoms with Crippen molar-refractivity contribution in [3.05, 3.63) is 75.2 Å². The third kappa shape index (κ3) is 4.60. The van der Waals surface area contributed by atoms with Crippen LogP contribution in [0.1, 0.15) is 49.3 Å². The summed E-state index contributed by atoms with van der Waals surface area (Å²) in [5.41, 5.74) is 2.44. The molecule has 0 radical (unpaired) electrons. The van der Waals surface area contributed by atoms with Crippen molar-refractivity contribution in [1.82, 2.24) is 9.36 Å². The number of ether oxygens (including phenoxy) is 1. The van der Waals surface area contributed by atoms with Crippen molar-refractivity contribution in [3.63, 3.8) is 0 Å². The number of rotatable bonds is 6. The normalized spacial score (nSPS) is 14.3. The van der Waals surface area contributed by atoms with Gasteiger partial charge in [-0.15, -0.1) is 0 Å². The van der Waals surface area contributed by atoms with Gasteiger partial charge in [-0.25, -0.2) is 4.68 Å². The van der Waals surface area contributed by atoms with Crippen LogP contribution in [0.3, 0.4) is 0 Å². The Balaban J connectivity index is 1.50. The molecule has 1 aromatic heterocycles. The van der Waals surface area contributed by atoms with Gasteiger partial charge in [-0.1, -0.05) is 49.1 Å². The lowest BCUT2D eigenvalue weighted by Crippen LogP contribution is -2.26. The Hall–Kier alpha value is -2.99. The molecule has 1 aliphatic rings. The fourth-order valence-electron chi connectivity index (χ4n) is 4.41. The predicted octanol–water partition coefficient (Wildman–Crippen LogP) is 5.20. The fourth-order valence-corrected chi connectivity index (χ4v) is 4.60. The molecule has 0 spiro atoms. The van der Waals surface area contributed by atoms with E-state index in [2.05, 4.69) is 5.32 Å². The first-order chi connectivity index (χ1) is 15.5.